The fourth-order valence-corrected chi connectivity index (χ4v) is 0.901. The molecule has 0 saturated heterocycles. The smallest absolute Gasteiger partial charge is 0.145 e. The van der Waals surface area contributed by atoms with Gasteiger partial charge in [0.25, 0.3) is 0 Å². The number of benzene rings is 1. The van der Waals surface area contributed by atoms with Crippen LogP contribution >= 0.6 is 11.6 Å². The summed E-state index contributed by atoms with van der Waals surface area (Å²) in [6, 6.07) is 4.15. The number of hydrogen-bond donors (Lipinski definition) is 1. The van der Waals surface area contributed by atoms with Gasteiger partial charge in [-0.15, -0.1) is 0 Å². The summed E-state index contributed by atoms with van der Waals surface area (Å²) in [7, 11) is 0. The van der Waals surface area contributed by atoms with Crippen molar-refractivity contribution in [2.45, 2.75) is 13.0 Å². The minimum absolute atomic E-state index is 0.0596. The lowest BCUT2D eigenvalue weighted by molar-refractivity contribution is 0.122. The van der Waals surface area contributed by atoms with Crippen molar-refractivity contribution in [1.29, 1.82) is 0 Å². The van der Waals surface area contributed by atoms with E-state index in [-0.39, 0.29) is 11.6 Å². The van der Waals surface area contributed by atoms with E-state index in [4.69, 9.17) is 21.4 Å². The third-order valence-electron chi connectivity index (χ3n) is 1.38. The van der Waals surface area contributed by atoms with Gasteiger partial charge in [0.15, 0.2) is 0 Å². The molecule has 4 heteroatoms. The molecule has 0 fully saturated rings. The quantitative estimate of drug-likeness (QED) is 0.818. The SMILES string of the molecule is C[C@H](O)COc1ccc(Cl)c(F)c1. The van der Waals surface area contributed by atoms with Crippen LogP contribution in [0.1, 0.15) is 6.92 Å². The molecule has 0 aliphatic carbocycles. The number of rotatable bonds is 3. The lowest BCUT2D eigenvalue weighted by Crippen LogP contribution is -2.12. The largest absolute Gasteiger partial charge is 0.491 e. The zero-order chi connectivity index (χ0) is 9.84. The van der Waals surface area contributed by atoms with Crippen LogP contribution < -0.4 is 4.74 Å². The van der Waals surface area contributed by atoms with Crippen molar-refractivity contribution in [1.82, 2.24) is 0 Å². The van der Waals surface area contributed by atoms with Gasteiger partial charge in [-0.3, -0.25) is 0 Å². The predicted octanol–water partition coefficient (Wildman–Crippen LogP) is 2.24. The van der Waals surface area contributed by atoms with Crippen molar-refractivity contribution >= 4 is 11.6 Å². The Hall–Kier alpha value is -0.800. The first-order valence-corrected chi connectivity index (χ1v) is 4.23. The second kappa shape index (κ2) is 4.44. The predicted molar refractivity (Wildman–Crippen MR) is 48.6 cm³/mol. The lowest BCUT2D eigenvalue weighted by atomic mass is 10.3. The fraction of sp³-hybridized carbons (Fsp3) is 0.333. The molecule has 0 heterocycles. The van der Waals surface area contributed by atoms with Gasteiger partial charge in [0.1, 0.15) is 18.2 Å². The Bertz CT molecular complexity index is 289. The van der Waals surface area contributed by atoms with Crippen LogP contribution in [-0.4, -0.2) is 17.8 Å². The highest BCUT2D eigenvalue weighted by molar-refractivity contribution is 6.30. The molecule has 2 nitrogen and oxygen atoms in total. The topological polar surface area (TPSA) is 29.5 Å². The highest BCUT2D eigenvalue weighted by Gasteiger charge is 2.02. The molecule has 13 heavy (non-hydrogen) atoms. The van der Waals surface area contributed by atoms with Crippen LogP contribution in [0.3, 0.4) is 0 Å². The summed E-state index contributed by atoms with van der Waals surface area (Å²) in [4.78, 5) is 0. The minimum Gasteiger partial charge on any atom is -0.491 e. The highest BCUT2D eigenvalue weighted by Crippen LogP contribution is 2.20. The standard InChI is InChI=1S/C9H10ClFO2/c1-6(12)5-13-7-2-3-8(10)9(11)4-7/h2-4,6,12H,5H2,1H3/t6-/m0/s1. The van der Waals surface area contributed by atoms with Crippen molar-refractivity contribution in [3.8, 4) is 5.75 Å². The maximum atomic E-state index is 12.8. The zero-order valence-electron chi connectivity index (χ0n) is 7.13. The Balaban J connectivity index is 2.63. The molecule has 72 valence electrons. The van der Waals surface area contributed by atoms with Gasteiger partial charge in [-0.1, -0.05) is 11.6 Å². The molecule has 0 amide bonds. The molecule has 1 rings (SSSR count). The third kappa shape index (κ3) is 3.20. The van der Waals surface area contributed by atoms with Gasteiger partial charge >= 0.3 is 0 Å². The molecule has 0 spiro atoms. The van der Waals surface area contributed by atoms with Crippen LogP contribution in [0.2, 0.25) is 5.02 Å². The van der Waals surface area contributed by atoms with Crippen molar-refractivity contribution in [2.75, 3.05) is 6.61 Å². The normalized spacial score (nSPS) is 12.6. The van der Waals surface area contributed by atoms with Gasteiger partial charge in [0.2, 0.25) is 0 Å². The van der Waals surface area contributed by atoms with Crippen LogP contribution in [0.25, 0.3) is 0 Å². The first kappa shape index (κ1) is 10.3. The Morgan fingerprint density at radius 1 is 1.62 bits per heavy atom. The molecule has 1 N–H and O–H groups in total. The molecule has 1 aromatic rings. The van der Waals surface area contributed by atoms with Gasteiger partial charge in [0, 0.05) is 6.07 Å². The third-order valence-corrected chi connectivity index (χ3v) is 1.69. The van der Waals surface area contributed by atoms with E-state index in [9.17, 15) is 4.39 Å². The molecule has 0 radical (unpaired) electrons. The summed E-state index contributed by atoms with van der Waals surface area (Å²) in [6.45, 7) is 1.73. The maximum absolute atomic E-state index is 12.8. The molecule has 0 aliphatic rings. The molecule has 0 aromatic heterocycles. The first-order chi connectivity index (χ1) is 6.09. The van der Waals surface area contributed by atoms with Gasteiger partial charge < -0.3 is 9.84 Å². The van der Waals surface area contributed by atoms with Crippen molar-refractivity contribution in [3.05, 3.63) is 29.0 Å². The van der Waals surface area contributed by atoms with Crippen molar-refractivity contribution < 1.29 is 14.2 Å². The number of aliphatic hydroxyl groups is 1. The average Bonchev–Trinajstić information content (AvgIpc) is 2.07. The van der Waals surface area contributed by atoms with E-state index in [0.717, 1.165) is 0 Å². The molecule has 0 saturated carbocycles. The van der Waals surface area contributed by atoms with E-state index >= 15 is 0 Å². The number of hydrogen-bond acceptors (Lipinski definition) is 2. The molecule has 1 aromatic carbocycles. The number of ether oxygens (including phenoxy) is 1. The second-order valence-electron chi connectivity index (χ2n) is 2.74. The van der Waals surface area contributed by atoms with Crippen molar-refractivity contribution in [2.24, 2.45) is 0 Å². The van der Waals surface area contributed by atoms with Crippen LogP contribution in [-0.2, 0) is 0 Å². The molecule has 0 bridgehead atoms. The zero-order valence-corrected chi connectivity index (χ0v) is 7.88. The summed E-state index contributed by atoms with van der Waals surface area (Å²) in [5, 5.41) is 8.95. The van der Waals surface area contributed by atoms with E-state index in [0.29, 0.717) is 5.75 Å². The monoisotopic (exact) mass is 204 g/mol. The van der Waals surface area contributed by atoms with Crippen molar-refractivity contribution in [3.63, 3.8) is 0 Å². The van der Waals surface area contributed by atoms with E-state index in [2.05, 4.69) is 0 Å². The maximum Gasteiger partial charge on any atom is 0.145 e. The first-order valence-electron chi connectivity index (χ1n) is 3.85. The Morgan fingerprint density at radius 3 is 2.85 bits per heavy atom. The summed E-state index contributed by atoms with van der Waals surface area (Å²) in [5.41, 5.74) is 0. The van der Waals surface area contributed by atoms with Crippen LogP contribution in [0.15, 0.2) is 18.2 Å². The number of aliphatic hydroxyl groups excluding tert-OH is 1. The Kier molecular flexibility index (Phi) is 3.51. The Morgan fingerprint density at radius 2 is 2.31 bits per heavy atom. The van der Waals surface area contributed by atoms with Crippen LogP contribution in [0, 0.1) is 5.82 Å². The van der Waals surface area contributed by atoms with Crippen LogP contribution in [0.5, 0.6) is 5.75 Å². The minimum atomic E-state index is -0.571. The fourth-order valence-electron chi connectivity index (χ4n) is 0.783. The second-order valence-corrected chi connectivity index (χ2v) is 3.14. The molecule has 0 unspecified atom stereocenters. The average molecular weight is 205 g/mol. The van der Waals surface area contributed by atoms with Gasteiger partial charge in [0.05, 0.1) is 11.1 Å². The molecular formula is C9H10ClFO2. The molecule has 0 aliphatic heterocycles. The summed E-state index contributed by atoms with van der Waals surface area (Å²) < 4.78 is 17.9. The van der Waals surface area contributed by atoms with E-state index in [1.807, 2.05) is 0 Å². The van der Waals surface area contributed by atoms with Gasteiger partial charge in [-0.25, -0.2) is 4.39 Å². The van der Waals surface area contributed by atoms with E-state index in [1.165, 1.54) is 12.1 Å². The molecule has 1 atom stereocenters. The molecular weight excluding hydrogens is 195 g/mol. The van der Waals surface area contributed by atoms with E-state index < -0.39 is 11.9 Å². The van der Waals surface area contributed by atoms with Gasteiger partial charge in [-0.05, 0) is 19.1 Å². The summed E-state index contributed by atoms with van der Waals surface area (Å²) in [6.07, 6.45) is -0.571. The van der Waals surface area contributed by atoms with Gasteiger partial charge in [-0.2, -0.15) is 0 Å². The van der Waals surface area contributed by atoms with Crippen LogP contribution in [0.4, 0.5) is 4.39 Å². The van der Waals surface area contributed by atoms with E-state index in [1.54, 1.807) is 13.0 Å². The Labute approximate surface area is 80.9 Å². The number of halogens is 2. The lowest BCUT2D eigenvalue weighted by Gasteiger charge is -2.07. The summed E-state index contributed by atoms with van der Waals surface area (Å²) >= 11 is 5.46. The summed E-state index contributed by atoms with van der Waals surface area (Å²) in [5.74, 6) is -0.160. The highest BCUT2D eigenvalue weighted by atomic mass is 35.5.